The molecule has 0 spiro atoms. The third kappa shape index (κ3) is 8.53. The zero-order valence-corrected chi connectivity index (χ0v) is 11.1. The standard InChI is InChI=1S/C12H26N2O2/c1-5-6-9-14(4)12(15)13-8-7-10-16-11(2)3/h11H,5-10H2,1-4H3,(H,13,15). The Hall–Kier alpha value is -0.770. The topological polar surface area (TPSA) is 41.6 Å². The van der Waals surface area contributed by atoms with Gasteiger partial charge < -0.3 is 15.0 Å². The molecule has 0 aliphatic rings. The molecule has 0 fully saturated rings. The van der Waals surface area contributed by atoms with Crippen molar-refractivity contribution in [2.45, 2.75) is 46.1 Å². The van der Waals surface area contributed by atoms with Gasteiger partial charge in [0.05, 0.1) is 6.10 Å². The normalized spacial score (nSPS) is 10.6. The van der Waals surface area contributed by atoms with Crippen molar-refractivity contribution in [3.63, 3.8) is 0 Å². The Labute approximate surface area is 99.3 Å². The molecule has 0 unspecified atom stereocenters. The molecule has 4 heteroatoms. The monoisotopic (exact) mass is 230 g/mol. The van der Waals surface area contributed by atoms with Gasteiger partial charge in [-0.1, -0.05) is 13.3 Å². The van der Waals surface area contributed by atoms with Crippen molar-refractivity contribution < 1.29 is 9.53 Å². The molecule has 0 saturated carbocycles. The van der Waals surface area contributed by atoms with Crippen LogP contribution in [0.3, 0.4) is 0 Å². The summed E-state index contributed by atoms with van der Waals surface area (Å²) in [4.78, 5) is 13.2. The minimum Gasteiger partial charge on any atom is -0.379 e. The summed E-state index contributed by atoms with van der Waals surface area (Å²) in [5.74, 6) is 0. The first kappa shape index (κ1) is 15.2. The van der Waals surface area contributed by atoms with Gasteiger partial charge in [0.25, 0.3) is 0 Å². The van der Waals surface area contributed by atoms with E-state index in [1.54, 1.807) is 4.90 Å². The highest BCUT2D eigenvalue weighted by atomic mass is 16.5. The molecular formula is C12H26N2O2. The molecule has 0 aliphatic heterocycles. The number of carbonyl (C=O) groups is 1. The molecule has 4 nitrogen and oxygen atoms in total. The van der Waals surface area contributed by atoms with Crippen LogP contribution in [0.25, 0.3) is 0 Å². The Balaban J connectivity index is 3.42. The first-order valence-corrected chi connectivity index (χ1v) is 6.18. The molecule has 0 aliphatic carbocycles. The van der Waals surface area contributed by atoms with E-state index in [1.807, 2.05) is 20.9 Å². The lowest BCUT2D eigenvalue weighted by Crippen LogP contribution is -2.38. The van der Waals surface area contributed by atoms with E-state index in [0.717, 1.165) is 25.8 Å². The number of hydrogen-bond acceptors (Lipinski definition) is 2. The van der Waals surface area contributed by atoms with Gasteiger partial charge in [0.2, 0.25) is 0 Å². The maximum atomic E-state index is 11.5. The fourth-order valence-electron chi connectivity index (χ4n) is 1.22. The van der Waals surface area contributed by atoms with Crippen LogP contribution >= 0.6 is 0 Å². The number of carbonyl (C=O) groups excluding carboxylic acids is 1. The summed E-state index contributed by atoms with van der Waals surface area (Å²) in [5, 5.41) is 2.87. The average molecular weight is 230 g/mol. The fourth-order valence-corrected chi connectivity index (χ4v) is 1.22. The summed E-state index contributed by atoms with van der Waals surface area (Å²) in [6, 6.07) is 0.0120. The summed E-state index contributed by atoms with van der Waals surface area (Å²) in [6.45, 7) is 8.35. The molecule has 2 amide bonds. The Bertz CT molecular complexity index is 184. The van der Waals surface area contributed by atoms with Crippen LogP contribution in [0.15, 0.2) is 0 Å². The first-order chi connectivity index (χ1) is 7.57. The van der Waals surface area contributed by atoms with E-state index in [9.17, 15) is 4.79 Å². The fraction of sp³-hybridized carbons (Fsp3) is 0.917. The van der Waals surface area contributed by atoms with Crippen LogP contribution < -0.4 is 5.32 Å². The van der Waals surface area contributed by atoms with Gasteiger partial charge in [0.1, 0.15) is 0 Å². The lowest BCUT2D eigenvalue weighted by Gasteiger charge is -2.17. The number of nitrogens with one attached hydrogen (secondary N) is 1. The Morgan fingerprint density at radius 3 is 2.62 bits per heavy atom. The maximum Gasteiger partial charge on any atom is 0.317 e. The van der Waals surface area contributed by atoms with E-state index in [-0.39, 0.29) is 12.1 Å². The quantitative estimate of drug-likeness (QED) is 0.650. The molecule has 1 N–H and O–H groups in total. The highest BCUT2D eigenvalue weighted by Crippen LogP contribution is 1.93. The maximum absolute atomic E-state index is 11.5. The minimum absolute atomic E-state index is 0.0120. The van der Waals surface area contributed by atoms with E-state index in [4.69, 9.17) is 4.74 Å². The molecule has 0 atom stereocenters. The van der Waals surface area contributed by atoms with Crippen molar-refractivity contribution in [2.24, 2.45) is 0 Å². The Kier molecular flexibility index (Phi) is 9.00. The highest BCUT2D eigenvalue weighted by Gasteiger charge is 2.05. The number of rotatable bonds is 8. The summed E-state index contributed by atoms with van der Waals surface area (Å²) in [6.07, 6.45) is 3.30. The summed E-state index contributed by atoms with van der Waals surface area (Å²) >= 11 is 0. The van der Waals surface area contributed by atoms with Crippen molar-refractivity contribution in [1.29, 1.82) is 0 Å². The third-order valence-electron chi connectivity index (χ3n) is 2.24. The summed E-state index contributed by atoms with van der Waals surface area (Å²) < 4.78 is 5.38. The van der Waals surface area contributed by atoms with E-state index < -0.39 is 0 Å². The molecule has 0 rings (SSSR count). The van der Waals surface area contributed by atoms with Crippen molar-refractivity contribution in [3.8, 4) is 0 Å². The van der Waals surface area contributed by atoms with Gasteiger partial charge in [0.15, 0.2) is 0 Å². The van der Waals surface area contributed by atoms with E-state index in [1.165, 1.54) is 0 Å². The molecule has 0 aromatic heterocycles. The molecule has 16 heavy (non-hydrogen) atoms. The molecule has 0 bridgehead atoms. The molecule has 0 radical (unpaired) electrons. The SMILES string of the molecule is CCCCN(C)C(=O)NCCCOC(C)C. The van der Waals surface area contributed by atoms with Crippen LogP contribution in [0.1, 0.15) is 40.0 Å². The number of nitrogens with zero attached hydrogens (tertiary/aromatic N) is 1. The highest BCUT2D eigenvalue weighted by molar-refractivity contribution is 5.73. The zero-order valence-electron chi connectivity index (χ0n) is 11.1. The van der Waals surface area contributed by atoms with Gasteiger partial charge in [-0.3, -0.25) is 0 Å². The minimum atomic E-state index is 0.0120. The average Bonchev–Trinajstić information content (AvgIpc) is 2.24. The largest absolute Gasteiger partial charge is 0.379 e. The number of unbranched alkanes of at least 4 members (excludes halogenated alkanes) is 1. The van der Waals surface area contributed by atoms with E-state index in [2.05, 4.69) is 12.2 Å². The lowest BCUT2D eigenvalue weighted by atomic mass is 10.3. The van der Waals surface area contributed by atoms with Crippen LogP contribution in [0.4, 0.5) is 4.79 Å². The molecular weight excluding hydrogens is 204 g/mol. The van der Waals surface area contributed by atoms with Crippen molar-refractivity contribution >= 4 is 6.03 Å². The first-order valence-electron chi connectivity index (χ1n) is 6.18. The molecule has 96 valence electrons. The van der Waals surface area contributed by atoms with Gasteiger partial charge >= 0.3 is 6.03 Å². The van der Waals surface area contributed by atoms with Crippen LogP contribution in [0.2, 0.25) is 0 Å². The predicted octanol–water partition coefficient (Wildman–Crippen LogP) is 2.24. The molecule has 0 saturated heterocycles. The second kappa shape index (κ2) is 9.46. The third-order valence-corrected chi connectivity index (χ3v) is 2.24. The molecule has 0 heterocycles. The second-order valence-electron chi connectivity index (χ2n) is 4.28. The predicted molar refractivity (Wildman–Crippen MR) is 66.6 cm³/mol. The van der Waals surface area contributed by atoms with Crippen LogP contribution in [-0.2, 0) is 4.74 Å². The van der Waals surface area contributed by atoms with E-state index in [0.29, 0.717) is 13.2 Å². The van der Waals surface area contributed by atoms with Crippen LogP contribution in [0.5, 0.6) is 0 Å². The number of urea groups is 1. The number of hydrogen-bond donors (Lipinski definition) is 1. The summed E-state index contributed by atoms with van der Waals surface area (Å²) in [7, 11) is 1.83. The Morgan fingerprint density at radius 2 is 2.06 bits per heavy atom. The second-order valence-corrected chi connectivity index (χ2v) is 4.28. The Morgan fingerprint density at radius 1 is 1.38 bits per heavy atom. The molecule has 0 aromatic carbocycles. The van der Waals surface area contributed by atoms with Gasteiger partial charge in [0, 0.05) is 26.7 Å². The summed E-state index contributed by atoms with van der Waals surface area (Å²) in [5.41, 5.74) is 0. The van der Waals surface area contributed by atoms with Gasteiger partial charge in [-0.25, -0.2) is 4.79 Å². The van der Waals surface area contributed by atoms with Crippen LogP contribution in [-0.4, -0.2) is 43.8 Å². The van der Waals surface area contributed by atoms with Gasteiger partial charge in [-0.15, -0.1) is 0 Å². The zero-order chi connectivity index (χ0) is 12.4. The van der Waals surface area contributed by atoms with Crippen molar-refractivity contribution in [3.05, 3.63) is 0 Å². The smallest absolute Gasteiger partial charge is 0.317 e. The van der Waals surface area contributed by atoms with Gasteiger partial charge in [-0.05, 0) is 26.7 Å². The van der Waals surface area contributed by atoms with E-state index >= 15 is 0 Å². The number of amides is 2. The van der Waals surface area contributed by atoms with Crippen LogP contribution in [0, 0.1) is 0 Å². The lowest BCUT2D eigenvalue weighted by molar-refractivity contribution is 0.0772. The number of ether oxygens (including phenoxy) is 1. The van der Waals surface area contributed by atoms with Crippen molar-refractivity contribution in [1.82, 2.24) is 10.2 Å². The van der Waals surface area contributed by atoms with Crippen molar-refractivity contribution in [2.75, 3.05) is 26.7 Å². The molecule has 0 aromatic rings. The van der Waals surface area contributed by atoms with Gasteiger partial charge in [-0.2, -0.15) is 0 Å².